The number of carbonyl (C=O) groups is 1. The van der Waals surface area contributed by atoms with Crippen LogP contribution in [0.25, 0.3) is 0 Å². The number of nitrogens with one attached hydrogen (secondary N) is 1. The average molecular weight is 396 g/mol. The lowest BCUT2D eigenvalue weighted by atomic mass is 9.93. The van der Waals surface area contributed by atoms with Crippen molar-refractivity contribution in [2.24, 2.45) is 5.73 Å². The molecule has 5 heteroatoms. The molecule has 1 amide bonds. The fraction of sp³-hybridized carbons (Fsp3) is 0.188. The predicted octanol–water partition coefficient (Wildman–Crippen LogP) is 2.76. The van der Waals surface area contributed by atoms with Crippen molar-refractivity contribution < 1.29 is 9.18 Å². The van der Waals surface area contributed by atoms with Crippen LogP contribution in [0, 0.1) is 9.39 Å². The van der Waals surface area contributed by atoms with Crippen molar-refractivity contribution in [1.29, 1.82) is 0 Å². The molecule has 1 unspecified atom stereocenters. The van der Waals surface area contributed by atoms with E-state index in [9.17, 15) is 9.18 Å². The second kappa shape index (κ2) is 5.73. The van der Waals surface area contributed by atoms with Gasteiger partial charge in [0.15, 0.2) is 0 Å². The van der Waals surface area contributed by atoms with Crippen LogP contribution in [-0.4, -0.2) is 12.5 Å². The number of benzene rings is 2. The number of nitrogens with two attached hydrogens (primary N) is 1. The molecule has 2 aromatic carbocycles. The molecule has 3 rings (SSSR count). The van der Waals surface area contributed by atoms with E-state index in [2.05, 4.69) is 27.9 Å². The van der Waals surface area contributed by atoms with Gasteiger partial charge in [-0.25, -0.2) is 4.39 Å². The summed E-state index contributed by atoms with van der Waals surface area (Å²) >= 11 is 2.08. The van der Waals surface area contributed by atoms with Crippen molar-refractivity contribution in [3.05, 3.63) is 68.0 Å². The van der Waals surface area contributed by atoms with Gasteiger partial charge < -0.3 is 11.1 Å². The Kier molecular flexibility index (Phi) is 3.95. The van der Waals surface area contributed by atoms with E-state index in [4.69, 9.17) is 5.73 Å². The van der Waals surface area contributed by atoms with E-state index < -0.39 is 0 Å². The number of hydrogen-bond donors (Lipinski definition) is 2. The van der Waals surface area contributed by atoms with Gasteiger partial charge in [0.05, 0.1) is 6.04 Å². The van der Waals surface area contributed by atoms with Gasteiger partial charge in [0.1, 0.15) is 5.82 Å². The van der Waals surface area contributed by atoms with Gasteiger partial charge in [-0.05, 0) is 63.9 Å². The third-order valence-electron chi connectivity index (χ3n) is 3.72. The molecule has 0 fully saturated rings. The minimum absolute atomic E-state index is 0.0564. The Balaban J connectivity index is 2.00. The van der Waals surface area contributed by atoms with Crippen LogP contribution in [0.1, 0.15) is 33.1 Å². The van der Waals surface area contributed by atoms with Gasteiger partial charge in [-0.15, -0.1) is 0 Å². The summed E-state index contributed by atoms with van der Waals surface area (Å²) in [6.07, 6.45) is 0.838. The van der Waals surface area contributed by atoms with Crippen LogP contribution in [0.3, 0.4) is 0 Å². The van der Waals surface area contributed by atoms with Gasteiger partial charge in [0.25, 0.3) is 5.91 Å². The molecule has 1 heterocycles. The lowest BCUT2D eigenvalue weighted by molar-refractivity contribution is 0.0946. The second-order valence-electron chi connectivity index (χ2n) is 5.07. The number of hydrogen-bond acceptors (Lipinski definition) is 2. The van der Waals surface area contributed by atoms with Crippen molar-refractivity contribution in [3.8, 4) is 0 Å². The molecule has 21 heavy (non-hydrogen) atoms. The number of carbonyl (C=O) groups excluding carboxylic acids is 1. The Morgan fingerprint density at radius 2 is 2.05 bits per heavy atom. The van der Waals surface area contributed by atoms with Gasteiger partial charge in [-0.1, -0.05) is 18.2 Å². The molecule has 0 saturated heterocycles. The second-order valence-corrected chi connectivity index (χ2v) is 6.23. The summed E-state index contributed by atoms with van der Waals surface area (Å²) in [6.45, 7) is 0.674. The summed E-state index contributed by atoms with van der Waals surface area (Å²) in [5.74, 6) is -0.334. The minimum Gasteiger partial charge on any atom is -0.352 e. The molecular formula is C16H14FIN2O. The average Bonchev–Trinajstić information content (AvgIpc) is 2.47. The van der Waals surface area contributed by atoms with Gasteiger partial charge in [0, 0.05) is 15.7 Å². The van der Waals surface area contributed by atoms with Crippen molar-refractivity contribution in [2.45, 2.75) is 12.5 Å². The fourth-order valence-electron chi connectivity index (χ4n) is 2.56. The largest absolute Gasteiger partial charge is 0.352 e. The maximum Gasteiger partial charge on any atom is 0.251 e. The molecule has 0 spiro atoms. The maximum atomic E-state index is 13.2. The highest BCUT2D eigenvalue weighted by atomic mass is 127. The first-order valence-electron chi connectivity index (χ1n) is 6.68. The molecular weight excluding hydrogens is 382 g/mol. The standard InChI is InChI=1S/C16H14FIN2O/c17-11-3-4-12(14(18)8-11)15(19)10-2-1-9-5-6-20-16(21)13(9)7-10/h1-4,7-8,15H,5-6,19H2,(H,20,21). The molecule has 1 aliphatic rings. The summed E-state index contributed by atoms with van der Waals surface area (Å²) in [6, 6.07) is 9.93. The molecule has 0 aliphatic carbocycles. The number of halogens is 2. The Bertz CT molecular complexity index is 717. The van der Waals surface area contributed by atoms with Gasteiger partial charge in [-0.3, -0.25) is 4.79 Å². The van der Waals surface area contributed by atoms with Crippen molar-refractivity contribution in [2.75, 3.05) is 6.54 Å². The van der Waals surface area contributed by atoms with Crippen LogP contribution in [0.5, 0.6) is 0 Å². The molecule has 1 atom stereocenters. The zero-order valence-corrected chi connectivity index (χ0v) is 13.4. The first kappa shape index (κ1) is 14.5. The van der Waals surface area contributed by atoms with E-state index in [1.807, 2.05) is 18.2 Å². The summed E-state index contributed by atoms with van der Waals surface area (Å²) in [7, 11) is 0. The Morgan fingerprint density at radius 3 is 2.81 bits per heavy atom. The summed E-state index contributed by atoms with van der Waals surface area (Å²) < 4.78 is 14.0. The summed E-state index contributed by atoms with van der Waals surface area (Å²) in [4.78, 5) is 11.9. The smallest absolute Gasteiger partial charge is 0.251 e. The van der Waals surface area contributed by atoms with E-state index in [1.165, 1.54) is 12.1 Å². The van der Waals surface area contributed by atoms with Gasteiger partial charge in [-0.2, -0.15) is 0 Å². The van der Waals surface area contributed by atoms with Gasteiger partial charge >= 0.3 is 0 Å². The highest BCUT2D eigenvalue weighted by Crippen LogP contribution is 2.27. The quantitative estimate of drug-likeness (QED) is 0.768. The number of rotatable bonds is 2. The zero-order valence-electron chi connectivity index (χ0n) is 11.2. The Labute approximate surface area is 135 Å². The lowest BCUT2D eigenvalue weighted by Gasteiger charge is -2.20. The van der Waals surface area contributed by atoms with Crippen LogP contribution < -0.4 is 11.1 Å². The Hall–Kier alpha value is -1.47. The van der Waals surface area contributed by atoms with Crippen molar-refractivity contribution in [1.82, 2.24) is 5.32 Å². The maximum absolute atomic E-state index is 13.2. The van der Waals surface area contributed by atoms with Gasteiger partial charge in [0.2, 0.25) is 0 Å². The van der Waals surface area contributed by atoms with E-state index in [0.29, 0.717) is 12.1 Å². The third kappa shape index (κ3) is 2.80. The van der Waals surface area contributed by atoms with Crippen LogP contribution in [-0.2, 0) is 6.42 Å². The molecule has 3 N–H and O–H groups in total. The lowest BCUT2D eigenvalue weighted by Crippen LogP contribution is -2.32. The normalized spacial score (nSPS) is 15.3. The van der Waals surface area contributed by atoms with E-state index >= 15 is 0 Å². The SMILES string of the molecule is NC(c1ccc2c(c1)C(=O)NCC2)c1ccc(F)cc1I. The molecule has 108 valence electrons. The van der Waals surface area contributed by atoms with Crippen LogP contribution in [0.15, 0.2) is 36.4 Å². The molecule has 0 saturated carbocycles. The van der Waals surface area contributed by atoms with E-state index in [-0.39, 0.29) is 17.8 Å². The summed E-state index contributed by atoms with van der Waals surface area (Å²) in [5, 5.41) is 2.83. The molecule has 2 aromatic rings. The van der Waals surface area contributed by atoms with Crippen molar-refractivity contribution >= 4 is 28.5 Å². The minimum atomic E-state index is -0.377. The van der Waals surface area contributed by atoms with Crippen LogP contribution in [0.4, 0.5) is 4.39 Å². The van der Waals surface area contributed by atoms with Crippen molar-refractivity contribution in [3.63, 3.8) is 0 Å². The third-order valence-corrected chi connectivity index (χ3v) is 4.65. The zero-order chi connectivity index (χ0) is 15.0. The van der Waals surface area contributed by atoms with Crippen LogP contribution >= 0.6 is 22.6 Å². The molecule has 1 aliphatic heterocycles. The number of fused-ring (bicyclic) bond motifs is 1. The highest BCUT2D eigenvalue weighted by molar-refractivity contribution is 14.1. The topological polar surface area (TPSA) is 55.1 Å². The molecule has 0 radical (unpaired) electrons. The molecule has 0 aromatic heterocycles. The highest BCUT2D eigenvalue weighted by Gasteiger charge is 2.19. The fourth-order valence-corrected chi connectivity index (χ4v) is 3.37. The summed E-state index contributed by atoms with van der Waals surface area (Å²) in [5.41, 5.74) is 9.73. The monoisotopic (exact) mass is 396 g/mol. The number of amides is 1. The Morgan fingerprint density at radius 1 is 1.24 bits per heavy atom. The predicted molar refractivity (Wildman–Crippen MR) is 87.6 cm³/mol. The van der Waals surface area contributed by atoms with E-state index in [1.54, 1.807) is 6.07 Å². The van der Waals surface area contributed by atoms with E-state index in [0.717, 1.165) is 26.7 Å². The first-order valence-corrected chi connectivity index (χ1v) is 7.75. The molecule has 0 bridgehead atoms. The van der Waals surface area contributed by atoms with Crippen LogP contribution in [0.2, 0.25) is 0 Å². The first-order chi connectivity index (χ1) is 10.1. The molecule has 3 nitrogen and oxygen atoms in total.